The van der Waals surface area contributed by atoms with Crippen molar-refractivity contribution in [1.29, 1.82) is 0 Å². The molecule has 1 aromatic heterocycles. The molecule has 0 unspecified atom stereocenters. The van der Waals surface area contributed by atoms with E-state index in [1.165, 1.54) is 14.2 Å². The molecule has 0 bridgehead atoms. The Kier molecular flexibility index (Phi) is 14.6. The second-order valence-corrected chi connectivity index (χ2v) is 25.3. The first-order chi connectivity index (χ1) is 32.8. The van der Waals surface area contributed by atoms with Crippen molar-refractivity contribution in [2.75, 3.05) is 27.4 Å². The Morgan fingerprint density at radius 2 is 1.17 bits per heavy atom. The van der Waals surface area contributed by atoms with Crippen molar-refractivity contribution in [3.63, 3.8) is 0 Å². The third kappa shape index (κ3) is 8.73. The van der Waals surface area contributed by atoms with Gasteiger partial charge in [0.25, 0.3) is 0 Å². The largest absolute Gasteiger partial charge is 0.469 e. The zero-order valence-electron chi connectivity index (χ0n) is 43.1. The van der Waals surface area contributed by atoms with Crippen LogP contribution in [0.3, 0.4) is 0 Å². The van der Waals surface area contributed by atoms with Crippen molar-refractivity contribution >= 4 is 17.9 Å². The first kappa shape index (κ1) is 51.3. The summed E-state index contributed by atoms with van der Waals surface area (Å²) in [5.41, 5.74) is -0.422. The molecule has 8 aliphatic rings. The molecule has 1 heterocycles. The maximum atomic E-state index is 13.3. The number of hydrogen-bond acceptors (Lipinski definition) is 13. The van der Waals surface area contributed by atoms with E-state index in [9.17, 15) is 34.8 Å². The number of aliphatic hydroxyl groups excluding tert-OH is 4. The number of ether oxygens (including phenoxy) is 4. The van der Waals surface area contributed by atoms with Crippen molar-refractivity contribution in [2.45, 2.75) is 194 Å². The fraction of sp³-hybridized carbons (Fsp3) is 0.909. The molecule has 8 fully saturated rings. The van der Waals surface area contributed by atoms with Crippen molar-refractivity contribution in [3.8, 4) is 0 Å². The number of hydrogen-bond donors (Lipinski definition) is 4. The van der Waals surface area contributed by atoms with Gasteiger partial charge in [0, 0.05) is 12.8 Å². The average Bonchev–Trinajstić information content (AvgIpc) is 4.06. The van der Waals surface area contributed by atoms with Crippen LogP contribution in [0.5, 0.6) is 0 Å². The molecule has 0 aromatic carbocycles. The van der Waals surface area contributed by atoms with E-state index in [1.54, 1.807) is 6.20 Å². The molecule has 9 rings (SSSR count). The number of esters is 3. The van der Waals surface area contributed by atoms with Gasteiger partial charge in [0.1, 0.15) is 6.61 Å². The van der Waals surface area contributed by atoms with E-state index in [1.807, 2.05) is 4.68 Å². The highest BCUT2D eigenvalue weighted by Gasteiger charge is 2.67. The monoisotopic (exact) mass is 966 g/mol. The maximum Gasteiger partial charge on any atom is 0.360 e. The summed E-state index contributed by atoms with van der Waals surface area (Å²) in [7, 11) is 2.87. The lowest BCUT2D eigenvalue weighted by molar-refractivity contribution is -0.209. The second-order valence-electron chi connectivity index (χ2n) is 25.3. The van der Waals surface area contributed by atoms with Crippen LogP contribution in [-0.2, 0) is 28.5 Å². The van der Waals surface area contributed by atoms with E-state index < -0.39 is 30.4 Å². The minimum absolute atomic E-state index is 0.00329. The summed E-state index contributed by atoms with van der Waals surface area (Å²) < 4.78 is 23.7. The van der Waals surface area contributed by atoms with Crippen LogP contribution < -0.4 is 0 Å². The van der Waals surface area contributed by atoms with Gasteiger partial charge in [-0.2, -0.15) is 0 Å². The summed E-state index contributed by atoms with van der Waals surface area (Å²) in [4.78, 5) is 37.2. The highest BCUT2D eigenvalue weighted by molar-refractivity contribution is 5.86. The topological polar surface area (TPSA) is 200 Å². The second kappa shape index (κ2) is 19.7. The highest BCUT2D eigenvalue weighted by atomic mass is 16.6. The summed E-state index contributed by atoms with van der Waals surface area (Å²) in [5, 5.41) is 56.6. The fourth-order valence-corrected chi connectivity index (χ4v) is 18.9. The van der Waals surface area contributed by atoms with Gasteiger partial charge < -0.3 is 39.4 Å². The third-order valence-corrected chi connectivity index (χ3v) is 22.8. The number of carbonyl (C=O) groups is 3. The van der Waals surface area contributed by atoms with Gasteiger partial charge in [0.2, 0.25) is 0 Å². The Labute approximate surface area is 411 Å². The lowest BCUT2D eigenvalue weighted by Gasteiger charge is -2.63. The van der Waals surface area contributed by atoms with Gasteiger partial charge in [-0.3, -0.25) is 9.59 Å². The molecule has 1 aromatic rings. The third-order valence-electron chi connectivity index (χ3n) is 22.8. The van der Waals surface area contributed by atoms with Crippen molar-refractivity contribution < 1.29 is 53.8 Å². The molecule has 388 valence electrons. The van der Waals surface area contributed by atoms with Crippen LogP contribution in [0.2, 0.25) is 0 Å². The minimum atomic E-state index is -0.525. The molecule has 14 nitrogen and oxygen atoms in total. The fourth-order valence-electron chi connectivity index (χ4n) is 18.9. The standard InChI is InChI=1S/C55H87N3O11/c1-30(9-15-47(63)66-7)36-11-13-38-49-40(27-45(61)54(36,38)5)52(3)19-17-34(23-32(52)25-43(49)59)58-29-42(56-57-58)51(65)69-22-21-68-35-18-20-53(4)33(24-35)26-44(60)50-39-14-12-37(31(2)10-16-48(64)67-8)55(39,6)46(62)28-41(50)53/h29-41,43-46,49-50,59-62H,9-28H2,1-8H3/t30-,31-,32+,33+,34+,35+,36-,37-,38+,39+,40+,41+,43-,44-,45+,46+,49+,50+,52+,53+,54-,55-/m1/s1. The number of carbonyl (C=O) groups excluding carboxylic acids is 3. The summed E-state index contributed by atoms with van der Waals surface area (Å²) in [6.45, 7) is 14.1. The smallest absolute Gasteiger partial charge is 0.360 e. The molecular weight excluding hydrogens is 879 g/mol. The minimum Gasteiger partial charge on any atom is -0.469 e. The van der Waals surface area contributed by atoms with Crippen LogP contribution in [0.4, 0.5) is 0 Å². The van der Waals surface area contributed by atoms with Gasteiger partial charge in [-0.05, 0) is 195 Å². The number of methoxy groups -OCH3 is 2. The zero-order valence-corrected chi connectivity index (χ0v) is 43.1. The molecule has 14 heteroatoms. The Balaban J connectivity index is 0.747. The van der Waals surface area contributed by atoms with Crippen LogP contribution in [0.15, 0.2) is 6.20 Å². The molecule has 8 saturated carbocycles. The predicted molar refractivity (Wildman–Crippen MR) is 256 cm³/mol. The van der Waals surface area contributed by atoms with Crippen LogP contribution in [0, 0.1) is 92.7 Å². The predicted octanol–water partition coefficient (Wildman–Crippen LogP) is 7.74. The Morgan fingerprint density at radius 1 is 0.667 bits per heavy atom. The van der Waals surface area contributed by atoms with Crippen molar-refractivity contribution in [3.05, 3.63) is 11.9 Å². The molecule has 0 radical (unpaired) electrons. The van der Waals surface area contributed by atoms with Gasteiger partial charge in [-0.15, -0.1) is 5.10 Å². The van der Waals surface area contributed by atoms with E-state index in [-0.39, 0.29) is 124 Å². The van der Waals surface area contributed by atoms with E-state index in [4.69, 9.17) is 18.9 Å². The maximum absolute atomic E-state index is 13.3. The highest BCUT2D eigenvalue weighted by Crippen LogP contribution is 2.70. The van der Waals surface area contributed by atoms with E-state index in [0.29, 0.717) is 37.5 Å². The molecule has 0 spiro atoms. The van der Waals surface area contributed by atoms with Gasteiger partial charge in [0.15, 0.2) is 5.69 Å². The van der Waals surface area contributed by atoms with Crippen molar-refractivity contribution in [2.24, 2.45) is 92.7 Å². The van der Waals surface area contributed by atoms with Crippen LogP contribution in [-0.4, -0.2) is 111 Å². The molecule has 69 heavy (non-hydrogen) atoms. The summed E-state index contributed by atoms with van der Waals surface area (Å²) in [6.07, 6.45) is 14.4. The Hall–Kier alpha value is -2.65. The molecule has 8 aliphatic carbocycles. The van der Waals surface area contributed by atoms with E-state index in [2.05, 4.69) is 51.9 Å². The molecule has 0 saturated heterocycles. The number of aliphatic hydroxyl groups is 4. The molecule has 4 N–H and O–H groups in total. The summed E-state index contributed by atoms with van der Waals surface area (Å²) in [6, 6.07) is 0.0459. The summed E-state index contributed by atoms with van der Waals surface area (Å²) >= 11 is 0. The van der Waals surface area contributed by atoms with Crippen LogP contribution in [0.25, 0.3) is 0 Å². The molecular formula is C55H87N3O11. The molecule has 0 amide bonds. The first-order valence-electron chi connectivity index (χ1n) is 27.4. The van der Waals surface area contributed by atoms with E-state index >= 15 is 0 Å². The number of rotatable bonds is 14. The van der Waals surface area contributed by atoms with E-state index in [0.717, 1.165) is 89.9 Å². The Bertz CT molecular complexity index is 2020. The zero-order chi connectivity index (χ0) is 49.4. The van der Waals surface area contributed by atoms with Gasteiger partial charge in [0.05, 0.1) is 63.6 Å². The Morgan fingerprint density at radius 3 is 1.70 bits per heavy atom. The first-order valence-corrected chi connectivity index (χ1v) is 27.4. The number of fused-ring (bicyclic) bond motifs is 10. The van der Waals surface area contributed by atoms with Gasteiger partial charge >= 0.3 is 17.9 Å². The average molecular weight is 966 g/mol. The van der Waals surface area contributed by atoms with Crippen molar-refractivity contribution in [1.82, 2.24) is 15.0 Å². The van der Waals surface area contributed by atoms with Gasteiger partial charge in [-0.1, -0.05) is 46.8 Å². The SMILES string of the molecule is COC(=O)CC[C@@H](C)[C@H]1CC[C@H]2[C@@H]3[C@H](O)C[C@@H]4C[C@@H](OCCOC(=O)c5cn([C@H]6CC[C@@]7(C)[C@@H](C6)C[C@@H](O)[C@@H]6[C@@H]7C[C@H](O)[C@]7(C)[C@@H]([C@H](C)CCC(=O)OC)CC[C@@H]67)nn5)CC[C@]4(C)[C@H]3C[C@H](O)[C@]12C. The van der Waals surface area contributed by atoms with Crippen LogP contribution in [0.1, 0.15) is 174 Å². The molecule has 0 aliphatic heterocycles. The lowest BCUT2D eigenvalue weighted by atomic mass is 9.43. The van der Waals surface area contributed by atoms with Crippen LogP contribution >= 0.6 is 0 Å². The summed E-state index contributed by atoms with van der Waals surface area (Å²) in [5.74, 6) is 2.03. The number of nitrogens with zero attached hydrogens (tertiary/aromatic N) is 3. The quantitative estimate of drug-likeness (QED) is 0.0803. The number of aromatic nitrogens is 3. The molecule has 22 atom stereocenters. The lowest BCUT2D eigenvalue weighted by Crippen LogP contribution is -2.62. The normalized spacial score (nSPS) is 46.4. The van der Waals surface area contributed by atoms with Gasteiger partial charge in [-0.25, -0.2) is 9.48 Å².